The molecule has 7 heteroatoms. The lowest BCUT2D eigenvalue weighted by molar-refractivity contribution is -0.113. The summed E-state index contributed by atoms with van der Waals surface area (Å²) in [5.41, 5.74) is 2.12. The average molecular weight is 426 g/mol. The summed E-state index contributed by atoms with van der Waals surface area (Å²) < 4.78 is 5.33. The highest BCUT2D eigenvalue weighted by molar-refractivity contribution is 8.00. The molecule has 1 saturated carbocycles. The third-order valence-corrected chi connectivity index (χ3v) is 7.62. The fraction of sp³-hybridized carbons (Fsp3) is 0.409. The number of carbonyl (C=O) groups excluding carboxylic acids is 1. The van der Waals surface area contributed by atoms with E-state index in [0.717, 1.165) is 28.5 Å². The molecule has 0 aliphatic heterocycles. The predicted molar refractivity (Wildman–Crippen MR) is 118 cm³/mol. The van der Waals surface area contributed by atoms with E-state index in [2.05, 4.69) is 5.32 Å². The topological polar surface area (TPSA) is 64.1 Å². The van der Waals surface area contributed by atoms with Crippen LogP contribution in [0.15, 0.2) is 29.3 Å². The maximum Gasteiger partial charge on any atom is 0.234 e. The van der Waals surface area contributed by atoms with Crippen molar-refractivity contribution in [2.45, 2.75) is 49.5 Å². The van der Waals surface area contributed by atoms with Crippen LogP contribution in [-0.4, -0.2) is 28.7 Å². The van der Waals surface area contributed by atoms with Gasteiger partial charge in [0.15, 0.2) is 0 Å². The molecule has 29 heavy (non-hydrogen) atoms. The third-order valence-electron chi connectivity index (χ3n) is 5.46. The lowest BCUT2D eigenvalue weighted by atomic mass is 9.97. The van der Waals surface area contributed by atoms with Gasteiger partial charge in [-0.05, 0) is 56.2 Å². The molecule has 0 spiro atoms. The largest absolute Gasteiger partial charge is 0.495 e. The number of hydrogen-bond donors (Lipinski definition) is 1. The normalized spacial score (nSPS) is 15.9. The van der Waals surface area contributed by atoms with E-state index in [4.69, 9.17) is 14.7 Å². The number of methoxy groups -OCH3 is 1. The zero-order chi connectivity index (χ0) is 19.8. The Morgan fingerprint density at radius 2 is 2.07 bits per heavy atom. The van der Waals surface area contributed by atoms with E-state index >= 15 is 0 Å². The monoisotopic (exact) mass is 425 g/mol. The standard InChI is InChI=1S/C22H23N3O2S2/c1-27-16-8-4-3-7-15(16)23-18(26)12-28-21-19-14-6-2-5-9-17(14)29-22(19)25-20(24-21)13-10-11-13/h3-4,7-8,13H,2,5-6,9-12H2,1H3,(H,23,26). The Morgan fingerprint density at radius 1 is 1.24 bits per heavy atom. The molecule has 5 rings (SSSR count). The van der Waals surface area contributed by atoms with E-state index in [1.165, 1.54) is 53.3 Å². The molecule has 0 radical (unpaired) electrons. The van der Waals surface area contributed by atoms with E-state index in [-0.39, 0.29) is 5.91 Å². The van der Waals surface area contributed by atoms with Gasteiger partial charge in [0.2, 0.25) is 5.91 Å². The predicted octanol–water partition coefficient (Wildman–Crippen LogP) is 5.19. The van der Waals surface area contributed by atoms with Gasteiger partial charge >= 0.3 is 0 Å². The molecule has 1 N–H and O–H groups in total. The van der Waals surface area contributed by atoms with Gasteiger partial charge in [0.1, 0.15) is 21.4 Å². The highest BCUT2D eigenvalue weighted by Gasteiger charge is 2.29. The van der Waals surface area contributed by atoms with Crippen molar-refractivity contribution in [1.82, 2.24) is 9.97 Å². The number of aromatic nitrogens is 2. The van der Waals surface area contributed by atoms with Gasteiger partial charge < -0.3 is 10.1 Å². The van der Waals surface area contributed by atoms with Crippen LogP contribution >= 0.6 is 23.1 Å². The number of amides is 1. The summed E-state index contributed by atoms with van der Waals surface area (Å²) in [5, 5.41) is 5.14. The minimum Gasteiger partial charge on any atom is -0.495 e. The van der Waals surface area contributed by atoms with Gasteiger partial charge in [0, 0.05) is 16.2 Å². The van der Waals surface area contributed by atoms with Gasteiger partial charge in [0.05, 0.1) is 18.6 Å². The van der Waals surface area contributed by atoms with Crippen molar-refractivity contribution in [2.75, 3.05) is 18.2 Å². The van der Waals surface area contributed by atoms with Crippen molar-refractivity contribution in [3.63, 3.8) is 0 Å². The summed E-state index contributed by atoms with van der Waals surface area (Å²) in [6.07, 6.45) is 7.08. The van der Waals surface area contributed by atoms with Crippen LogP contribution < -0.4 is 10.1 Å². The van der Waals surface area contributed by atoms with Crippen molar-refractivity contribution < 1.29 is 9.53 Å². The van der Waals surface area contributed by atoms with Crippen LogP contribution in [0.4, 0.5) is 5.69 Å². The van der Waals surface area contributed by atoms with Gasteiger partial charge in [-0.15, -0.1) is 11.3 Å². The number of anilines is 1. The van der Waals surface area contributed by atoms with Crippen molar-refractivity contribution in [3.05, 3.63) is 40.5 Å². The average Bonchev–Trinajstić information content (AvgIpc) is 3.52. The first-order valence-corrected chi connectivity index (χ1v) is 11.9. The Bertz CT molecular complexity index is 1080. The quantitative estimate of drug-likeness (QED) is 0.435. The number of nitrogens with zero attached hydrogens (tertiary/aromatic N) is 2. The Morgan fingerprint density at radius 3 is 2.90 bits per heavy atom. The van der Waals surface area contributed by atoms with Crippen LogP contribution in [-0.2, 0) is 17.6 Å². The first-order valence-electron chi connectivity index (χ1n) is 10.1. The lowest BCUT2D eigenvalue weighted by Gasteiger charge is -2.12. The number of benzene rings is 1. The highest BCUT2D eigenvalue weighted by Crippen LogP contribution is 2.44. The molecule has 1 amide bonds. The summed E-state index contributed by atoms with van der Waals surface area (Å²) >= 11 is 3.36. The molecule has 2 heterocycles. The van der Waals surface area contributed by atoms with E-state index in [1.54, 1.807) is 7.11 Å². The molecule has 2 aromatic heterocycles. The maximum absolute atomic E-state index is 12.6. The van der Waals surface area contributed by atoms with E-state index in [0.29, 0.717) is 23.1 Å². The smallest absolute Gasteiger partial charge is 0.234 e. The van der Waals surface area contributed by atoms with Gasteiger partial charge in [-0.25, -0.2) is 9.97 Å². The van der Waals surface area contributed by atoms with E-state index < -0.39 is 0 Å². The minimum absolute atomic E-state index is 0.0525. The molecule has 1 aromatic carbocycles. The number of thioether (sulfide) groups is 1. The Hall–Kier alpha value is -2.12. The highest BCUT2D eigenvalue weighted by atomic mass is 32.2. The van der Waals surface area contributed by atoms with E-state index in [1.807, 2.05) is 35.6 Å². The Labute approximate surface area is 178 Å². The summed E-state index contributed by atoms with van der Waals surface area (Å²) in [6, 6.07) is 7.47. The van der Waals surface area contributed by atoms with Gasteiger partial charge in [-0.2, -0.15) is 0 Å². The fourth-order valence-corrected chi connectivity index (χ4v) is 6.03. The number of carbonyl (C=O) groups is 1. The molecule has 0 saturated heterocycles. The summed E-state index contributed by atoms with van der Waals surface area (Å²) in [7, 11) is 1.61. The molecule has 0 bridgehead atoms. The van der Waals surface area contributed by atoms with Crippen LogP contribution in [0.2, 0.25) is 0 Å². The number of rotatable bonds is 6. The summed E-state index contributed by atoms with van der Waals surface area (Å²) in [4.78, 5) is 25.0. The number of ether oxygens (including phenoxy) is 1. The molecular weight excluding hydrogens is 402 g/mol. The summed E-state index contributed by atoms with van der Waals surface area (Å²) in [6.45, 7) is 0. The van der Waals surface area contributed by atoms with Gasteiger partial charge in [0.25, 0.3) is 0 Å². The van der Waals surface area contributed by atoms with Crippen LogP contribution in [0.5, 0.6) is 5.75 Å². The molecule has 0 unspecified atom stereocenters. The molecular formula is C22H23N3O2S2. The molecule has 1 fully saturated rings. The van der Waals surface area contributed by atoms with Gasteiger partial charge in [-0.3, -0.25) is 4.79 Å². The number of thiophene rings is 1. The molecule has 2 aliphatic carbocycles. The molecule has 2 aliphatic rings. The van der Waals surface area contributed by atoms with Crippen LogP contribution in [0.3, 0.4) is 0 Å². The Balaban J connectivity index is 1.40. The second-order valence-corrected chi connectivity index (χ2v) is 9.64. The number of aryl methyl sites for hydroxylation is 2. The first-order chi connectivity index (χ1) is 14.2. The molecule has 150 valence electrons. The summed E-state index contributed by atoms with van der Waals surface area (Å²) in [5.74, 6) is 2.39. The van der Waals surface area contributed by atoms with Crippen LogP contribution in [0.25, 0.3) is 10.2 Å². The third kappa shape index (κ3) is 3.85. The van der Waals surface area contributed by atoms with Crippen molar-refractivity contribution >= 4 is 44.9 Å². The number of nitrogens with one attached hydrogen (secondary N) is 1. The second kappa shape index (κ2) is 7.95. The molecule has 5 nitrogen and oxygen atoms in total. The van der Waals surface area contributed by atoms with E-state index in [9.17, 15) is 4.79 Å². The first kappa shape index (κ1) is 18.9. The second-order valence-electron chi connectivity index (χ2n) is 7.59. The SMILES string of the molecule is COc1ccccc1NC(=O)CSc1nc(C2CC2)nc2sc3c(c12)CCCC3. The zero-order valence-electron chi connectivity index (χ0n) is 16.4. The minimum atomic E-state index is -0.0525. The number of hydrogen-bond acceptors (Lipinski definition) is 6. The molecule has 0 atom stereocenters. The van der Waals surface area contributed by atoms with Crippen LogP contribution in [0.1, 0.15) is 47.9 Å². The van der Waals surface area contributed by atoms with Crippen LogP contribution in [0, 0.1) is 0 Å². The number of para-hydroxylation sites is 2. The lowest BCUT2D eigenvalue weighted by Crippen LogP contribution is -2.15. The molecule has 3 aromatic rings. The maximum atomic E-state index is 12.6. The van der Waals surface area contributed by atoms with Crippen molar-refractivity contribution in [2.24, 2.45) is 0 Å². The zero-order valence-corrected chi connectivity index (χ0v) is 18.0. The van der Waals surface area contributed by atoms with Crippen molar-refractivity contribution in [3.8, 4) is 5.75 Å². The number of fused-ring (bicyclic) bond motifs is 3. The Kier molecular flexibility index (Phi) is 5.18. The van der Waals surface area contributed by atoms with Gasteiger partial charge in [-0.1, -0.05) is 23.9 Å². The van der Waals surface area contributed by atoms with Crippen molar-refractivity contribution in [1.29, 1.82) is 0 Å². The fourth-order valence-electron chi connectivity index (χ4n) is 3.84.